The first-order valence-electron chi connectivity index (χ1n) is 20.1. The van der Waals surface area contributed by atoms with E-state index in [1.165, 1.54) is 89.9 Å². The predicted molar refractivity (Wildman–Crippen MR) is 208 cm³/mol. The third kappa shape index (κ3) is 34.9. The number of carbonyl (C=O) groups excluding carboxylic acids is 1. The Labute approximate surface area is 301 Å². The molecule has 0 spiro atoms. The van der Waals surface area contributed by atoms with Gasteiger partial charge < -0.3 is 21.1 Å². The van der Waals surface area contributed by atoms with Crippen molar-refractivity contribution in [2.45, 2.75) is 193 Å². The molecule has 0 rings (SSSR count). The van der Waals surface area contributed by atoms with Crippen molar-refractivity contribution in [3.8, 4) is 0 Å². The fraction of sp³-hybridized carbons (Fsp3) is 0.825. The van der Waals surface area contributed by atoms with Crippen molar-refractivity contribution in [1.82, 2.24) is 5.32 Å². The van der Waals surface area contributed by atoms with Gasteiger partial charge in [-0.15, -0.1) is 0 Å². The summed E-state index contributed by atoms with van der Waals surface area (Å²) in [6.45, 7) is 4.05. The molecule has 0 heterocycles. The first-order valence-corrected chi connectivity index (χ1v) is 21.6. The molecule has 0 aliphatic carbocycles. The van der Waals surface area contributed by atoms with Crippen LogP contribution in [0.4, 0.5) is 0 Å². The van der Waals surface area contributed by atoms with E-state index < -0.39 is 20.0 Å². The van der Waals surface area contributed by atoms with Crippen LogP contribution >= 0.6 is 7.82 Å². The number of amides is 1. The highest BCUT2D eigenvalue weighted by Crippen LogP contribution is 2.43. The fourth-order valence-electron chi connectivity index (χ4n) is 5.64. The molecule has 3 unspecified atom stereocenters. The van der Waals surface area contributed by atoms with E-state index in [9.17, 15) is 19.4 Å². The second-order valence-electron chi connectivity index (χ2n) is 13.5. The largest absolute Gasteiger partial charge is 0.472 e. The Balaban J connectivity index is 4.29. The summed E-state index contributed by atoms with van der Waals surface area (Å²) >= 11 is 0. The lowest BCUT2D eigenvalue weighted by atomic mass is 10.0. The molecule has 288 valence electrons. The highest BCUT2D eigenvalue weighted by Gasteiger charge is 2.26. The minimum Gasteiger partial charge on any atom is -0.387 e. The van der Waals surface area contributed by atoms with Gasteiger partial charge in [0.1, 0.15) is 0 Å². The molecule has 8 nitrogen and oxygen atoms in total. The molecule has 0 radical (unpaired) electrons. The van der Waals surface area contributed by atoms with Crippen LogP contribution in [0.15, 0.2) is 36.5 Å². The Bertz CT molecular complexity index is 866. The molecular weight excluding hydrogens is 635 g/mol. The maximum Gasteiger partial charge on any atom is 0.472 e. The fourth-order valence-corrected chi connectivity index (χ4v) is 6.40. The van der Waals surface area contributed by atoms with Gasteiger partial charge in [-0.1, -0.05) is 166 Å². The molecule has 0 aromatic heterocycles. The zero-order valence-electron chi connectivity index (χ0n) is 31.7. The van der Waals surface area contributed by atoms with Crippen LogP contribution in [-0.4, -0.2) is 47.8 Å². The van der Waals surface area contributed by atoms with Crippen molar-refractivity contribution in [2.75, 3.05) is 19.8 Å². The summed E-state index contributed by atoms with van der Waals surface area (Å²) < 4.78 is 22.1. The third-order valence-corrected chi connectivity index (χ3v) is 9.68. The molecule has 1 amide bonds. The predicted octanol–water partition coefficient (Wildman–Crippen LogP) is 10.8. The monoisotopic (exact) mass is 713 g/mol. The van der Waals surface area contributed by atoms with E-state index in [0.717, 1.165) is 70.6 Å². The summed E-state index contributed by atoms with van der Waals surface area (Å²) in [6, 6.07) is -0.865. The highest BCUT2D eigenvalue weighted by molar-refractivity contribution is 7.47. The summed E-state index contributed by atoms with van der Waals surface area (Å²) in [5.41, 5.74) is 5.36. The molecule has 0 aromatic rings. The molecule has 0 saturated heterocycles. The molecule has 0 bridgehead atoms. The van der Waals surface area contributed by atoms with Gasteiger partial charge in [-0.05, 0) is 44.9 Å². The van der Waals surface area contributed by atoms with Crippen LogP contribution in [0.25, 0.3) is 0 Å². The molecule has 0 aliphatic heterocycles. The first kappa shape index (κ1) is 47.7. The maximum atomic E-state index is 12.7. The number of aliphatic hydroxyl groups excluding tert-OH is 1. The van der Waals surface area contributed by atoms with Gasteiger partial charge in [0.25, 0.3) is 0 Å². The lowest BCUT2D eigenvalue weighted by Gasteiger charge is -2.23. The lowest BCUT2D eigenvalue weighted by Crippen LogP contribution is -2.45. The van der Waals surface area contributed by atoms with Crippen molar-refractivity contribution in [3.63, 3.8) is 0 Å². The van der Waals surface area contributed by atoms with Gasteiger partial charge >= 0.3 is 7.82 Å². The number of unbranched alkanes of at least 4 members (excludes halogenated alkanes) is 21. The van der Waals surface area contributed by atoms with Crippen LogP contribution in [0, 0.1) is 0 Å². The number of aliphatic hydroxyl groups is 1. The van der Waals surface area contributed by atoms with Crippen molar-refractivity contribution in [3.05, 3.63) is 36.5 Å². The second kappa shape index (κ2) is 36.5. The van der Waals surface area contributed by atoms with Crippen molar-refractivity contribution < 1.29 is 28.4 Å². The van der Waals surface area contributed by atoms with Gasteiger partial charge in [0.2, 0.25) is 5.91 Å². The Kier molecular flexibility index (Phi) is 35.6. The number of nitrogens with two attached hydrogens (primary N) is 1. The van der Waals surface area contributed by atoms with E-state index in [1.807, 2.05) is 6.08 Å². The molecule has 5 N–H and O–H groups in total. The van der Waals surface area contributed by atoms with E-state index in [4.69, 9.17) is 14.8 Å². The molecule has 0 fully saturated rings. The molecule has 49 heavy (non-hydrogen) atoms. The quantitative estimate of drug-likeness (QED) is 0.0286. The number of nitrogens with one attached hydrogen (secondary N) is 1. The molecule has 0 aromatic carbocycles. The zero-order valence-corrected chi connectivity index (χ0v) is 32.6. The van der Waals surface area contributed by atoms with Crippen LogP contribution in [0.3, 0.4) is 0 Å². The smallest absolute Gasteiger partial charge is 0.387 e. The number of hydrogen-bond donors (Lipinski definition) is 4. The minimum absolute atomic E-state index is 0.0756. The third-order valence-electron chi connectivity index (χ3n) is 8.69. The normalized spacial score (nSPS) is 14.6. The summed E-state index contributed by atoms with van der Waals surface area (Å²) in [7, 11) is -4.34. The number of hydrogen-bond acceptors (Lipinski definition) is 6. The minimum atomic E-state index is -4.34. The van der Waals surface area contributed by atoms with Gasteiger partial charge in [0.15, 0.2) is 0 Å². The maximum absolute atomic E-state index is 12.7. The second-order valence-corrected chi connectivity index (χ2v) is 14.9. The summed E-state index contributed by atoms with van der Waals surface area (Å²) in [6.07, 6.45) is 41.9. The molecule has 9 heteroatoms. The van der Waals surface area contributed by atoms with E-state index >= 15 is 0 Å². The van der Waals surface area contributed by atoms with Gasteiger partial charge in [-0.3, -0.25) is 13.8 Å². The number of allylic oxidation sites excluding steroid dienone is 5. The van der Waals surface area contributed by atoms with Crippen molar-refractivity contribution >= 4 is 13.7 Å². The van der Waals surface area contributed by atoms with Crippen LogP contribution in [0.2, 0.25) is 0 Å². The van der Waals surface area contributed by atoms with Crippen LogP contribution in [-0.2, 0) is 18.4 Å². The Hall–Kier alpha value is -1.28. The lowest BCUT2D eigenvalue weighted by molar-refractivity contribution is -0.123. The first-order chi connectivity index (χ1) is 23.9. The molecule has 3 atom stereocenters. The van der Waals surface area contributed by atoms with Gasteiger partial charge in [0, 0.05) is 13.0 Å². The Morgan fingerprint density at radius 1 is 0.673 bits per heavy atom. The van der Waals surface area contributed by atoms with Crippen molar-refractivity contribution in [1.29, 1.82) is 0 Å². The number of rotatable bonds is 37. The SMILES string of the molecule is CCC/C=C\C/C=C\CCCCCCCC(=O)NC(COP(=O)(O)OCCN)C(O)/C=C/CCCCCCCCCCCCCCCCC. The van der Waals surface area contributed by atoms with Crippen LogP contribution in [0.5, 0.6) is 0 Å². The topological polar surface area (TPSA) is 131 Å². The van der Waals surface area contributed by atoms with Crippen LogP contribution in [0.1, 0.15) is 181 Å². The molecule has 0 aliphatic rings. The van der Waals surface area contributed by atoms with E-state index in [0.29, 0.717) is 6.42 Å². The number of phosphoric acid groups is 1. The molecule has 0 saturated carbocycles. The standard InChI is InChI=1S/C40H77N2O6P/c1-3-5-7-9-11-13-15-17-18-19-20-22-23-25-27-29-31-33-39(43)38(37-48-49(45,46)47-36-35-41)42-40(44)34-32-30-28-26-24-21-16-14-12-10-8-6-4-2/h8,10,14,16,31,33,38-39,43H,3-7,9,11-13,15,17-30,32,34-37,41H2,1-2H3,(H,42,44)(H,45,46)/b10-8-,16-14-,33-31+. The summed E-state index contributed by atoms with van der Waals surface area (Å²) in [5, 5.41) is 13.6. The van der Waals surface area contributed by atoms with E-state index in [1.54, 1.807) is 6.08 Å². The average molecular weight is 713 g/mol. The number of phosphoric ester groups is 1. The van der Waals surface area contributed by atoms with Gasteiger partial charge in [-0.2, -0.15) is 0 Å². The van der Waals surface area contributed by atoms with Gasteiger partial charge in [0.05, 0.1) is 25.4 Å². The number of carbonyl (C=O) groups is 1. The van der Waals surface area contributed by atoms with Crippen LogP contribution < -0.4 is 11.1 Å². The Morgan fingerprint density at radius 2 is 1.16 bits per heavy atom. The average Bonchev–Trinajstić information content (AvgIpc) is 3.09. The van der Waals surface area contributed by atoms with Crippen molar-refractivity contribution in [2.24, 2.45) is 5.73 Å². The zero-order chi connectivity index (χ0) is 36.1. The Morgan fingerprint density at radius 3 is 1.69 bits per heavy atom. The van der Waals surface area contributed by atoms with E-state index in [-0.39, 0.29) is 25.7 Å². The van der Waals surface area contributed by atoms with E-state index in [2.05, 4.69) is 43.5 Å². The summed E-state index contributed by atoms with van der Waals surface area (Å²) in [5.74, 6) is -0.210. The summed E-state index contributed by atoms with van der Waals surface area (Å²) in [4.78, 5) is 22.6. The van der Waals surface area contributed by atoms with Gasteiger partial charge in [-0.25, -0.2) is 4.57 Å². The molecular formula is C40H77N2O6P. The highest BCUT2D eigenvalue weighted by atomic mass is 31.2.